The van der Waals surface area contributed by atoms with Gasteiger partial charge in [0.1, 0.15) is 12.1 Å². The Labute approximate surface area is 175 Å². The summed E-state index contributed by atoms with van der Waals surface area (Å²) in [6.07, 6.45) is -3.14. The molecule has 31 heavy (non-hydrogen) atoms. The van der Waals surface area contributed by atoms with Crippen LogP contribution in [-0.2, 0) is 6.18 Å². The van der Waals surface area contributed by atoms with Gasteiger partial charge in [0, 0.05) is 22.4 Å². The molecule has 0 unspecified atom stereocenters. The van der Waals surface area contributed by atoms with Crippen molar-refractivity contribution in [3.05, 3.63) is 84.7 Å². The van der Waals surface area contributed by atoms with Crippen molar-refractivity contribution in [3.8, 4) is 0 Å². The highest BCUT2D eigenvalue weighted by molar-refractivity contribution is 6.02. The number of anilines is 4. The van der Waals surface area contributed by atoms with Crippen LogP contribution in [0, 0.1) is 0 Å². The zero-order valence-corrected chi connectivity index (χ0v) is 15.9. The fourth-order valence-electron chi connectivity index (χ4n) is 2.96. The molecular weight excluding hydrogens is 407 g/mol. The third-order valence-corrected chi connectivity index (χ3v) is 4.38. The number of nitrogens with zero attached hydrogens (tertiary/aromatic N) is 2. The highest BCUT2D eigenvalue weighted by atomic mass is 19.4. The largest absolute Gasteiger partial charge is 0.416 e. The summed E-state index contributed by atoms with van der Waals surface area (Å²) in [6, 6.07) is 18.4. The summed E-state index contributed by atoms with van der Waals surface area (Å²) in [7, 11) is 0. The topological polar surface area (TPSA) is 78.9 Å². The summed E-state index contributed by atoms with van der Waals surface area (Å²) in [5, 5.41) is 8.87. The van der Waals surface area contributed by atoms with E-state index in [2.05, 4.69) is 25.9 Å². The maximum Gasteiger partial charge on any atom is 0.416 e. The molecule has 0 aliphatic rings. The summed E-state index contributed by atoms with van der Waals surface area (Å²) in [5.74, 6) is 0.316. The van der Waals surface area contributed by atoms with Crippen molar-refractivity contribution < 1.29 is 18.0 Å². The molecule has 4 rings (SSSR count). The van der Waals surface area contributed by atoms with Crippen molar-refractivity contribution in [2.45, 2.75) is 6.18 Å². The Morgan fingerprint density at radius 1 is 0.774 bits per heavy atom. The summed E-state index contributed by atoms with van der Waals surface area (Å²) in [6.45, 7) is 0. The maximum atomic E-state index is 13.0. The average Bonchev–Trinajstić information content (AvgIpc) is 2.74. The minimum atomic E-state index is -4.45. The lowest BCUT2D eigenvalue weighted by Crippen LogP contribution is -2.19. The SMILES string of the molecule is O=C(Nc1ccccc1)Nc1ccc2ncnc(Nc3cccc(C(F)(F)F)c3)c2c1. The van der Waals surface area contributed by atoms with E-state index in [9.17, 15) is 18.0 Å². The van der Waals surface area contributed by atoms with Crippen LogP contribution < -0.4 is 16.0 Å². The number of hydrogen-bond donors (Lipinski definition) is 3. The lowest BCUT2D eigenvalue weighted by atomic mass is 10.1. The minimum Gasteiger partial charge on any atom is -0.340 e. The Balaban J connectivity index is 1.58. The zero-order chi connectivity index (χ0) is 21.8. The molecule has 0 saturated heterocycles. The molecule has 1 heterocycles. The van der Waals surface area contributed by atoms with Crippen LogP contribution in [0.2, 0.25) is 0 Å². The highest BCUT2D eigenvalue weighted by Crippen LogP contribution is 2.32. The molecule has 1 aromatic heterocycles. The Hall–Kier alpha value is -4.14. The highest BCUT2D eigenvalue weighted by Gasteiger charge is 2.30. The first-order chi connectivity index (χ1) is 14.9. The number of carbonyl (C=O) groups excluding carboxylic acids is 1. The maximum absolute atomic E-state index is 13.0. The average molecular weight is 423 g/mol. The van der Waals surface area contributed by atoms with Gasteiger partial charge in [0.25, 0.3) is 0 Å². The molecule has 9 heteroatoms. The molecule has 0 radical (unpaired) electrons. The number of aromatic nitrogens is 2. The molecule has 3 N–H and O–H groups in total. The number of amides is 2. The number of para-hydroxylation sites is 1. The lowest BCUT2D eigenvalue weighted by molar-refractivity contribution is -0.137. The van der Waals surface area contributed by atoms with E-state index in [0.29, 0.717) is 28.1 Å². The van der Waals surface area contributed by atoms with Crippen LogP contribution in [0.15, 0.2) is 79.1 Å². The lowest BCUT2D eigenvalue weighted by Gasteiger charge is -2.12. The number of fused-ring (bicyclic) bond motifs is 1. The molecule has 156 valence electrons. The molecule has 0 spiro atoms. The Morgan fingerprint density at radius 3 is 2.29 bits per heavy atom. The first kappa shape index (κ1) is 20.1. The van der Waals surface area contributed by atoms with E-state index in [-0.39, 0.29) is 5.69 Å². The van der Waals surface area contributed by atoms with Gasteiger partial charge in [-0.3, -0.25) is 0 Å². The molecule has 3 aromatic carbocycles. The minimum absolute atomic E-state index is 0.231. The molecule has 2 amide bonds. The third kappa shape index (κ3) is 4.89. The van der Waals surface area contributed by atoms with Gasteiger partial charge in [0.15, 0.2) is 0 Å². The second-order valence-electron chi connectivity index (χ2n) is 6.60. The van der Waals surface area contributed by atoms with E-state index in [1.54, 1.807) is 42.5 Å². The van der Waals surface area contributed by atoms with Gasteiger partial charge >= 0.3 is 12.2 Å². The zero-order valence-electron chi connectivity index (χ0n) is 15.9. The summed E-state index contributed by atoms with van der Waals surface area (Å²) in [4.78, 5) is 20.6. The van der Waals surface area contributed by atoms with Crippen LogP contribution in [0.4, 0.5) is 40.8 Å². The van der Waals surface area contributed by atoms with Crippen molar-refractivity contribution in [2.75, 3.05) is 16.0 Å². The van der Waals surface area contributed by atoms with Gasteiger partial charge in [-0.25, -0.2) is 14.8 Å². The van der Waals surface area contributed by atoms with E-state index in [1.807, 2.05) is 6.07 Å². The Kier molecular flexibility index (Phi) is 5.40. The molecule has 0 fully saturated rings. The molecule has 0 aliphatic carbocycles. The quantitative estimate of drug-likeness (QED) is 0.374. The van der Waals surface area contributed by atoms with E-state index in [1.165, 1.54) is 18.5 Å². The van der Waals surface area contributed by atoms with Crippen molar-refractivity contribution in [1.29, 1.82) is 0 Å². The van der Waals surface area contributed by atoms with Crippen molar-refractivity contribution in [2.24, 2.45) is 0 Å². The molecule has 0 bridgehead atoms. The molecule has 4 aromatic rings. The number of rotatable bonds is 4. The van der Waals surface area contributed by atoms with Gasteiger partial charge in [-0.2, -0.15) is 13.2 Å². The van der Waals surface area contributed by atoms with Crippen LogP contribution in [0.1, 0.15) is 5.56 Å². The standard InChI is InChI=1S/C22H16F3N5O/c23-22(24,25)14-5-4-8-16(11-14)28-20-18-12-17(9-10-19(18)26-13-27-20)30-21(31)29-15-6-2-1-3-7-15/h1-13H,(H,26,27,28)(H2,29,30,31). The smallest absolute Gasteiger partial charge is 0.340 e. The predicted molar refractivity (Wildman–Crippen MR) is 113 cm³/mol. The van der Waals surface area contributed by atoms with Crippen molar-refractivity contribution >= 4 is 39.8 Å². The second kappa shape index (κ2) is 8.31. The van der Waals surface area contributed by atoms with Gasteiger partial charge in [0.2, 0.25) is 0 Å². The summed E-state index contributed by atoms with van der Waals surface area (Å²) < 4.78 is 39.0. The monoisotopic (exact) mass is 423 g/mol. The first-order valence-electron chi connectivity index (χ1n) is 9.20. The number of carbonyl (C=O) groups is 1. The number of benzene rings is 3. The molecule has 0 aliphatic heterocycles. The van der Waals surface area contributed by atoms with E-state index in [0.717, 1.165) is 12.1 Å². The van der Waals surface area contributed by atoms with Gasteiger partial charge in [0.05, 0.1) is 11.1 Å². The van der Waals surface area contributed by atoms with E-state index in [4.69, 9.17) is 0 Å². The van der Waals surface area contributed by atoms with Crippen LogP contribution in [0.25, 0.3) is 10.9 Å². The first-order valence-corrected chi connectivity index (χ1v) is 9.20. The number of hydrogen-bond acceptors (Lipinski definition) is 4. The van der Waals surface area contributed by atoms with Crippen molar-refractivity contribution in [3.63, 3.8) is 0 Å². The number of urea groups is 1. The predicted octanol–water partition coefficient (Wildman–Crippen LogP) is 6.04. The molecule has 0 saturated carbocycles. The number of nitrogens with one attached hydrogen (secondary N) is 3. The van der Waals surface area contributed by atoms with Crippen LogP contribution in [0.5, 0.6) is 0 Å². The Bertz CT molecular complexity index is 1230. The fraction of sp³-hybridized carbons (Fsp3) is 0.0455. The van der Waals surface area contributed by atoms with Gasteiger partial charge in [-0.05, 0) is 48.5 Å². The Morgan fingerprint density at radius 2 is 1.52 bits per heavy atom. The van der Waals surface area contributed by atoms with Gasteiger partial charge in [-0.1, -0.05) is 24.3 Å². The van der Waals surface area contributed by atoms with Gasteiger partial charge in [-0.15, -0.1) is 0 Å². The molecular formula is C22H16F3N5O. The third-order valence-electron chi connectivity index (χ3n) is 4.38. The number of halogens is 3. The normalized spacial score (nSPS) is 11.2. The number of alkyl halides is 3. The van der Waals surface area contributed by atoms with Crippen molar-refractivity contribution in [1.82, 2.24) is 9.97 Å². The van der Waals surface area contributed by atoms with Gasteiger partial charge < -0.3 is 16.0 Å². The van der Waals surface area contributed by atoms with Crippen LogP contribution in [0.3, 0.4) is 0 Å². The summed E-state index contributed by atoms with van der Waals surface area (Å²) in [5.41, 5.74) is 1.14. The summed E-state index contributed by atoms with van der Waals surface area (Å²) >= 11 is 0. The second-order valence-corrected chi connectivity index (χ2v) is 6.60. The van der Waals surface area contributed by atoms with E-state index >= 15 is 0 Å². The molecule has 6 nitrogen and oxygen atoms in total. The molecule has 0 atom stereocenters. The van der Waals surface area contributed by atoms with Crippen LogP contribution in [-0.4, -0.2) is 16.0 Å². The van der Waals surface area contributed by atoms with E-state index < -0.39 is 17.8 Å². The fourth-order valence-corrected chi connectivity index (χ4v) is 2.96. The van der Waals surface area contributed by atoms with Crippen LogP contribution >= 0.6 is 0 Å².